The van der Waals surface area contributed by atoms with Gasteiger partial charge in [0, 0.05) is 38.4 Å². The van der Waals surface area contributed by atoms with Gasteiger partial charge in [-0.1, -0.05) is 6.07 Å². The van der Waals surface area contributed by atoms with Crippen LogP contribution in [0.4, 0.5) is 0 Å². The highest BCUT2D eigenvalue weighted by molar-refractivity contribution is 7.16. The lowest BCUT2D eigenvalue weighted by Gasteiger charge is -2.41. The van der Waals surface area contributed by atoms with Crippen molar-refractivity contribution in [1.29, 1.82) is 0 Å². The summed E-state index contributed by atoms with van der Waals surface area (Å²) in [6, 6.07) is 5.77. The minimum absolute atomic E-state index is 0.00281. The number of hydrogen-bond acceptors (Lipinski definition) is 6. The average molecular weight is 371 g/mol. The van der Waals surface area contributed by atoms with Crippen LogP contribution in [0.5, 0.6) is 0 Å². The molecular formula is C18H21N5O2S. The average Bonchev–Trinajstić information content (AvgIpc) is 3.19. The number of carbonyl (C=O) groups is 2. The van der Waals surface area contributed by atoms with Crippen LogP contribution in [0.15, 0.2) is 30.6 Å². The summed E-state index contributed by atoms with van der Waals surface area (Å²) in [5, 5.41) is 3.85. The van der Waals surface area contributed by atoms with Crippen LogP contribution in [0.2, 0.25) is 0 Å². The number of aromatic nitrogens is 2. The van der Waals surface area contributed by atoms with Gasteiger partial charge in [0.15, 0.2) is 0 Å². The van der Waals surface area contributed by atoms with Gasteiger partial charge in [-0.15, -0.1) is 11.3 Å². The van der Waals surface area contributed by atoms with Crippen LogP contribution in [-0.2, 0) is 4.79 Å². The summed E-state index contributed by atoms with van der Waals surface area (Å²) in [6.45, 7) is 3.26. The summed E-state index contributed by atoms with van der Waals surface area (Å²) in [5.74, 6) is 0.128. The second-order valence-corrected chi connectivity index (χ2v) is 7.59. The van der Waals surface area contributed by atoms with Crippen LogP contribution in [0, 0.1) is 0 Å². The molecule has 2 aromatic heterocycles. The van der Waals surface area contributed by atoms with E-state index in [1.165, 1.54) is 11.3 Å². The number of hydrogen-bond donors (Lipinski definition) is 1. The molecule has 2 aliphatic rings. The van der Waals surface area contributed by atoms with Crippen molar-refractivity contribution in [3.8, 4) is 10.7 Å². The Balaban J connectivity index is 1.46. The minimum Gasteiger partial charge on any atom is -0.336 e. The summed E-state index contributed by atoms with van der Waals surface area (Å²) in [6.07, 6.45) is 5.23. The lowest BCUT2D eigenvalue weighted by molar-refractivity contribution is -0.135. The molecule has 4 heterocycles. The fourth-order valence-corrected chi connectivity index (χ4v) is 4.40. The maximum absolute atomic E-state index is 12.9. The van der Waals surface area contributed by atoms with Gasteiger partial charge in [0.05, 0.1) is 18.4 Å². The Morgan fingerprint density at radius 1 is 1.27 bits per heavy atom. The minimum atomic E-state index is -0.00281. The van der Waals surface area contributed by atoms with Crippen LogP contribution >= 0.6 is 11.3 Å². The van der Waals surface area contributed by atoms with E-state index in [9.17, 15) is 9.59 Å². The fourth-order valence-electron chi connectivity index (χ4n) is 3.54. The number of thiazole rings is 1. The molecule has 0 saturated carbocycles. The van der Waals surface area contributed by atoms with E-state index in [1.54, 1.807) is 12.4 Å². The number of piperazine rings is 1. The predicted molar refractivity (Wildman–Crippen MR) is 98.9 cm³/mol. The van der Waals surface area contributed by atoms with Gasteiger partial charge < -0.3 is 15.1 Å². The van der Waals surface area contributed by atoms with Crippen LogP contribution in [-0.4, -0.2) is 70.3 Å². The first-order chi connectivity index (χ1) is 12.7. The van der Waals surface area contributed by atoms with Crippen molar-refractivity contribution in [2.24, 2.45) is 0 Å². The molecule has 1 unspecified atom stereocenters. The molecule has 2 saturated heterocycles. The largest absolute Gasteiger partial charge is 0.336 e. The van der Waals surface area contributed by atoms with Gasteiger partial charge in [0.25, 0.3) is 5.91 Å². The first-order valence-corrected chi connectivity index (χ1v) is 9.71. The summed E-state index contributed by atoms with van der Waals surface area (Å²) in [5.41, 5.74) is 0.777. The van der Waals surface area contributed by atoms with Crippen molar-refractivity contribution in [1.82, 2.24) is 25.1 Å². The number of piperidine rings is 1. The number of nitrogens with zero attached hydrogens (tertiary/aromatic N) is 4. The quantitative estimate of drug-likeness (QED) is 0.878. The Morgan fingerprint density at radius 3 is 3.00 bits per heavy atom. The van der Waals surface area contributed by atoms with Crippen molar-refractivity contribution in [2.45, 2.75) is 18.9 Å². The zero-order valence-corrected chi connectivity index (χ0v) is 15.2. The molecule has 1 atom stereocenters. The van der Waals surface area contributed by atoms with Crippen LogP contribution < -0.4 is 5.32 Å². The van der Waals surface area contributed by atoms with Gasteiger partial charge in [0.1, 0.15) is 9.88 Å². The van der Waals surface area contributed by atoms with Gasteiger partial charge in [0.2, 0.25) is 5.91 Å². The van der Waals surface area contributed by atoms with E-state index in [4.69, 9.17) is 0 Å². The molecule has 136 valence electrons. The predicted octanol–water partition coefficient (Wildman–Crippen LogP) is 1.24. The van der Waals surface area contributed by atoms with Crippen LogP contribution in [0.3, 0.4) is 0 Å². The van der Waals surface area contributed by atoms with Gasteiger partial charge in [-0.05, 0) is 25.0 Å². The van der Waals surface area contributed by atoms with Crippen molar-refractivity contribution in [2.75, 3.05) is 32.7 Å². The summed E-state index contributed by atoms with van der Waals surface area (Å²) in [4.78, 5) is 38.1. The van der Waals surface area contributed by atoms with Gasteiger partial charge in [-0.25, -0.2) is 4.98 Å². The van der Waals surface area contributed by atoms with Crippen molar-refractivity contribution in [3.63, 3.8) is 0 Å². The third kappa shape index (κ3) is 3.47. The number of nitrogens with one attached hydrogen (secondary N) is 1. The highest BCUT2D eigenvalue weighted by atomic mass is 32.1. The molecule has 0 bridgehead atoms. The Labute approximate surface area is 156 Å². The van der Waals surface area contributed by atoms with Crippen molar-refractivity contribution >= 4 is 23.2 Å². The first kappa shape index (κ1) is 17.1. The van der Waals surface area contributed by atoms with E-state index in [0.717, 1.165) is 43.2 Å². The van der Waals surface area contributed by atoms with E-state index in [1.807, 2.05) is 28.0 Å². The molecule has 0 spiro atoms. The monoisotopic (exact) mass is 371 g/mol. The molecule has 8 heteroatoms. The third-order valence-electron chi connectivity index (χ3n) is 4.85. The number of pyridine rings is 1. The molecule has 0 aromatic carbocycles. The molecule has 7 nitrogen and oxygen atoms in total. The summed E-state index contributed by atoms with van der Waals surface area (Å²) < 4.78 is 0. The van der Waals surface area contributed by atoms with Crippen molar-refractivity contribution < 1.29 is 9.59 Å². The number of amides is 2. The maximum Gasteiger partial charge on any atom is 0.265 e. The Morgan fingerprint density at radius 2 is 2.19 bits per heavy atom. The number of rotatable bonds is 3. The normalized spacial score (nSPS) is 21.1. The van der Waals surface area contributed by atoms with Gasteiger partial charge in [-0.2, -0.15) is 0 Å². The van der Waals surface area contributed by atoms with Crippen LogP contribution in [0.25, 0.3) is 10.7 Å². The number of carbonyl (C=O) groups excluding carboxylic acids is 2. The number of likely N-dealkylation sites (tertiary alicyclic amines) is 1. The van der Waals surface area contributed by atoms with Gasteiger partial charge in [-0.3, -0.25) is 14.6 Å². The van der Waals surface area contributed by atoms with Crippen LogP contribution in [0.1, 0.15) is 22.5 Å². The van der Waals surface area contributed by atoms with E-state index < -0.39 is 0 Å². The molecule has 0 radical (unpaired) electrons. The lowest BCUT2D eigenvalue weighted by Crippen LogP contribution is -2.57. The van der Waals surface area contributed by atoms with Gasteiger partial charge >= 0.3 is 0 Å². The second kappa shape index (κ2) is 7.51. The zero-order valence-electron chi connectivity index (χ0n) is 14.4. The van der Waals surface area contributed by atoms with Crippen molar-refractivity contribution in [3.05, 3.63) is 35.5 Å². The summed E-state index contributed by atoms with van der Waals surface area (Å²) in [7, 11) is 0. The Kier molecular flexibility index (Phi) is 4.94. The molecule has 2 aliphatic heterocycles. The zero-order chi connectivity index (χ0) is 17.9. The Hall–Kier alpha value is -2.32. The molecule has 2 aromatic rings. The molecule has 4 rings (SSSR count). The molecule has 2 fully saturated rings. The fraction of sp³-hybridized carbons (Fsp3) is 0.444. The van der Waals surface area contributed by atoms with E-state index in [0.29, 0.717) is 18.0 Å². The molecule has 1 N–H and O–H groups in total. The third-order valence-corrected chi connectivity index (χ3v) is 5.86. The maximum atomic E-state index is 12.9. The molecule has 0 aliphatic carbocycles. The SMILES string of the molecule is O=C(c1cnc(-c2ccccn2)s1)N1CCCC(N2CCNCC2=O)C1. The Bertz CT molecular complexity index is 794. The highest BCUT2D eigenvalue weighted by Crippen LogP contribution is 2.26. The smallest absolute Gasteiger partial charge is 0.265 e. The molecular weight excluding hydrogens is 350 g/mol. The standard InChI is InChI=1S/C18H21N5O2S/c24-16-11-19-7-9-23(16)13-4-3-8-22(12-13)18(25)15-10-21-17(26-15)14-5-1-2-6-20-14/h1-2,5-6,10,13,19H,3-4,7-9,11-12H2. The lowest BCUT2D eigenvalue weighted by atomic mass is 10.0. The topological polar surface area (TPSA) is 78.4 Å². The second-order valence-electron chi connectivity index (χ2n) is 6.56. The van der Waals surface area contributed by atoms with E-state index in [2.05, 4.69) is 15.3 Å². The first-order valence-electron chi connectivity index (χ1n) is 8.89. The molecule has 26 heavy (non-hydrogen) atoms. The highest BCUT2D eigenvalue weighted by Gasteiger charge is 2.32. The molecule has 2 amide bonds. The summed E-state index contributed by atoms with van der Waals surface area (Å²) >= 11 is 1.37. The van der Waals surface area contributed by atoms with E-state index >= 15 is 0 Å². The van der Waals surface area contributed by atoms with E-state index in [-0.39, 0.29) is 17.9 Å².